The van der Waals surface area contributed by atoms with Crippen LogP contribution < -0.4 is 0 Å². The Labute approximate surface area is 91.8 Å². The van der Waals surface area contributed by atoms with Gasteiger partial charge in [-0.2, -0.15) is 18.3 Å². The third kappa shape index (κ3) is 1.73. The van der Waals surface area contributed by atoms with Crippen LogP contribution in [0.1, 0.15) is 5.69 Å². The minimum absolute atomic E-state index is 0.111. The molecule has 0 aliphatic rings. The van der Waals surface area contributed by atoms with E-state index in [1.165, 1.54) is 13.1 Å². The highest BCUT2D eigenvalue weighted by atomic mass is 79.9. The van der Waals surface area contributed by atoms with Gasteiger partial charge < -0.3 is 0 Å². The zero-order chi connectivity index (χ0) is 11.2. The lowest BCUT2D eigenvalue weighted by Crippen LogP contribution is -2.11. The third-order valence-corrected chi connectivity index (χ3v) is 2.56. The molecule has 1 heterocycles. The summed E-state index contributed by atoms with van der Waals surface area (Å²) in [7, 11) is 1.29. The van der Waals surface area contributed by atoms with Crippen LogP contribution in [-0.4, -0.2) is 9.78 Å². The van der Waals surface area contributed by atoms with Gasteiger partial charge in [-0.05, 0) is 18.2 Å². The first-order chi connectivity index (χ1) is 6.89. The standard InChI is InChI=1S/C9H6BrF3N2/c1-15-8(9(11,12)13)6-4-5(10)2-3-7(6)14-15/h2-4H,1H3. The van der Waals surface area contributed by atoms with Crippen LogP contribution in [0.4, 0.5) is 13.2 Å². The van der Waals surface area contributed by atoms with E-state index in [4.69, 9.17) is 0 Å². The quantitative estimate of drug-likeness (QED) is 0.723. The lowest BCUT2D eigenvalue weighted by Gasteiger charge is -2.06. The summed E-state index contributed by atoms with van der Waals surface area (Å²) in [6, 6.07) is 4.63. The van der Waals surface area contributed by atoms with Crippen molar-refractivity contribution >= 4 is 26.8 Å². The Bertz CT molecular complexity index is 516. The number of hydrogen-bond acceptors (Lipinski definition) is 1. The third-order valence-electron chi connectivity index (χ3n) is 2.06. The molecule has 6 heteroatoms. The van der Waals surface area contributed by atoms with Gasteiger partial charge >= 0.3 is 6.18 Å². The number of fused-ring (bicyclic) bond motifs is 1. The molecular weight excluding hydrogens is 273 g/mol. The molecule has 1 aromatic heterocycles. The zero-order valence-corrected chi connectivity index (χ0v) is 9.22. The van der Waals surface area contributed by atoms with Gasteiger partial charge in [0.25, 0.3) is 0 Å². The minimum Gasteiger partial charge on any atom is -0.262 e. The van der Waals surface area contributed by atoms with Gasteiger partial charge in [0.15, 0.2) is 0 Å². The molecule has 2 rings (SSSR count). The summed E-state index contributed by atoms with van der Waals surface area (Å²) in [5.41, 5.74) is -0.383. The second-order valence-corrected chi connectivity index (χ2v) is 4.05. The van der Waals surface area contributed by atoms with Crippen molar-refractivity contribution in [3.63, 3.8) is 0 Å². The number of aromatic nitrogens is 2. The number of rotatable bonds is 0. The van der Waals surface area contributed by atoms with Crippen molar-refractivity contribution in [3.05, 3.63) is 28.4 Å². The van der Waals surface area contributed by atoms with E-state index in [-0.39, 0.29) is 5.39 Å². The predicted molar refractivity (Wildman–Crippen MR) is 53.4 cm³/mol. The van der Waals surface area contributed by atoms with Gasteiger partial charge in [0, 0.05) is 16.9 Å². The Morgan fingerprint density at radius 3 is 2.60 bits per heavy atom. The van der Waals surface area contributed by atoms with E-state index in [1.807, 2.05) is 0 Å². The molecule has 0 saturated carbocycles. The maximum absolute atomic E-state index is 12.7. The number of hydrogen-bond donors (Lipinski definition) is 0. The molecule has 15 heavy (non-hydrogen) atoms. The molecule has 0 bridgehead atoms. The van der Waals surface area contributed by atoms with Gasteiger partial charge in [-0.1, -0.05) is 15.9 Å². The van der Waals surface area contributed by atoms with Gasteiger partial charge in [0.2, 0.25) is 0 Å². The van der Waals surface area contributed by atoms with Crippen LogP contribution in [0, 0.1) is 0 Å². The second kappa shape index (κ2) is 3.23. The topological polar surface area (TPSA) is 17.8 Å². The van der Waals surface area contributed by atoms with Crippen molar-refractivity contribution in [1.29, 1.82) is 0 Å². The van der Waals surface area contributed by atoms with Gasteiger partial charge in [0.1, 0.15) is 5.69 Å². The average molecular weight is 279 g/mol. The maximum Gasteiger partial charge on any atom is 0.433 e. The van der Waals surface area contributed by atoms with E-state index in [0.29, 0.717) is 9.99 Å². The number of benzene rings is 1. The lowest BCUT2D eigenvalue weighted by atomic mass is 10.2. The van der Waals surface area contributed by atoms with Gasteiger partial charge in [0.05, 0.1) is 5.52 Å². The van der Waals surface area contributed by atoms with E-state index in [9.17, 15) is 13.2 Å². The van der Waals surface area contributed by atoms with E-state index in [2.05, 4.69) is 21.0 Å². The van der Waals surface area contributed by atoms with Crippen molar-refractivity contribution in [3.8, 4) is 0 Å². The number of aryl methyl sites for hydroxylation is 1. The maximum atomic E-state index is 12.7. The molecule has 0 radical (unpaired) electrons. The Morgan fingerprint density at radius 1 is 1.33 bits per heavy atom. The first-order valence-electron chi connectivity index (χ1n) is 4.09. The summed E-state index contributed by atoms with van der Waals surface area (Å²) in [6.45, 7) is 0. The molecule has 0 fully saturated rings. The Balaban J connectivity index is 2.82. The number of nitrogens with zero attached hydrogens (tertiary/aromatic N) is 2. The fourth-order valence-electron chi connectivity index (χ4n) is 1.51. The average Bonchev–Trinajstić information content (AvgIpc) is 2.38. The molecule has 0 aliphatic carbocycles. The van der Waals surface area contributed by atoms with E-state index < -0.39 is 11.9 Å². The molecule has 0 saturated heterocycles. The molecule has 80 valence electrons. The number of halogens is 4. The molecule has 2 nitrogen and oxygen atoms in total. The SMILES string of the molecule is Cn1nc2ccc(Br)cc2c1C(F)(F)F. The number of alkyl halides is 3. The van der Waals surface area contributed by atoms with Crippen molar-refractivity contribution in [2.75, 3.05) is 0 Å². The van der Waals surface area contributed by atoms with Crippen LogP contribution in [0.15, 0.2) is 22.7 Å². The largest absolute Gasteiger partial charge is 0.433 e. The van der Waals surface area contributed by atoms with Gasteiger partial charge in [-0.3, -0.25) is 4.68 Å². The van der Waals surface area contributed by atoms with Crippen molar-refractivity contribution in [2.45, 2.75) is 6.18 Å². The summed E-state index contributed by atoms with van der Waals surface area (Å²) >= 11 is 3.14. The Kier molecular flexibility index (Phi) is 2.26. The summed E-state index contributed by atoms with van der Waals surface area (Å²) in [6.07, 6.45) is -4.38. The predicted octanol–water partition coefficient (Wildman–Crippen LogP) is 3.35. The normalized spacial score (nSPS) is 12.3. The first-order valence-corrected chi connectivity index (χ1v) is 4.88. The van der Waals surface area contributed by atoms with E-state index in [1.54, 1.807) is 12.1 Å². The van der Waals surface area contributed by atoms with Crippen molar-refractivity contribution < 1.29 is 13.2 Å². The summed E-state index contributed by atoms with van der Waals surface area (Å²) in [4.78, 5) is 0. The first kappa shape index (κ1) is 10.5. The highest BCUT2D eigenvalue weighted by molar-refractivity contribution is 9.10. The molecule has 1 aromatic carbocycles. The van der Waals surface area contributed by atoms with E-state index >= 15 is 0 Å². The molecular formula is C9H6BrF3N2. The Hall–Kier alpha value is -1.04. The van der Waals surface area contributed by atoms with Crippen LogP contribution in [-0.2, 0) is 13.2 Å². The second-order valence-electron chi connectivity index (χ2n) is 3.13. The molecule has 0 atom stereocenters. The van der Waals surface area contributed by atoms with Gasteiger partial charge in [-0.15, -0.1) is 0 Å². The fraction of sp³-hybridized carbons (Fsp3) is 0.222. The zero-order valence-electron chi connectivity index (χ0n) is 7.64. The minimum atomic E-state index is -4.38. The summed E-state index contributed by atoms with van der Waals surface area (Å²) in [5.74, 6) is 0. The fourth-order valence-corrected chi connectivity index (χ4v) is 1.87. The van der Waals surface area contributed by atoms with E-state index in [0.717, 1.165) is 4.68 Å². The monoisotopic (exact) mass is 278 g/mol. The van der Waals surface area contributed by atoms with Crippen LogP contribution in [0.3, 0.4) is 0 Å². The van der Waals surface area contributed by atoms with Crippen LogP contribution in [0.25, 0.3) is 10.9 Å². The van der Waals surface area contributed by atoms with Crippen molar-refractivity contribution in [1.82, 2.24) is 9.78 Å². The lowest BCUT2D eigenvalue weighted by molar-refractivity contribution is -0.142. The molecule has 0 N–H and O–H groups in total. The van der Waals surface area contributed by atoms with Crippen LogP contribution in [0.5, 0.6) is 0 Å². The van der Waals surface area contributed by atoms with Crippen LogP contribution in [0.2, 0.25) is 0 Å². The molecule has 0 spiro atoms. The van der Waals surface area contributed by atoms with Gasteiger partial charge in [-0.25, -0.2) is 0 Å². The smallest absolute Gasteiger partial charge is 0.262 e. The van der Waals surface area contributed by atoms with Crippen LogP contribution >= 0.6 is 15.9 Å². The molecule has 2 aromatic rings. The summed E-state index contributed by atoms with van der Waals surface area (Å²) < 4.78 is 39.5. The molecule has 0 aliphatic heterocycles. The highest BCUT2D eigenvalue weighted by Gasteiger charge is 2.36. The summed E-state index contributed by atoms with van der Waals surface area (Å²) in [5, 5.41) is 3.91. The molecule has 0 unspecified atom stereocenters. The highest BCUT2D eigenvalue weighted by Crippen LogP contribution is 2.35. The molecule has 0 amide bonds. The Morgan fingerprint density at radius 2 is 2.00 bits per heavy atom. The van der Waals surface area contributed by atoms with Crippen molar-refractivity contribution in [2.24, 2.45) is 7.05 Å².